The Morgan fingerprint density at radius 1 is 0.893 bits per heavy atom. The van der Waals surface area contributed by atoms with Crippen LogP contribution in [0.25, 0.3) is 0 Å². The van der Waals surface area contributed by atoms with Crippen LogP contribution < -0.4 is 14.2 Å². The first kappa shape index (κ1) is 19.8. The van der Waals surface area contributed by atoms with Crippen LogP contribution in [0.4, 0.5) is 0 Å². The third-order valence-corrected chi connectivity index (χ3v) is 4.65. The second-order valence-electron chi connectivity index (χ2n) is 6.42. The molecule has 4 nitrogen and oxygen atoms in total. The fourth-order valence-electron chi connectivity index (χ4n) is 2.60. The van der Waals surface area contributed by atoms with Crippen molar-refractivity contribution in [2.75, 3.05) is 7.11 Å². The van der Waals surface area contributed by atoms with Crippen LogP contribution in [0.3, 0.4) is 0 Å². The van der Waals surface area contributed by atoms with Gasteiger partial charge in [-0.2, -0.15) is 0 Å². The highest BCUT2D eigenvalue weighted by atomic mass is 35.5. The van der Waals surface area contributed by atoms with Crippen molar-refractivity contribution >= 4 is 17.6 Å². The van der Waals surface area contributed by atoms with Crippen molar-refractivity contribution in [3.8, 4) is 17.2 Å². The van der Waals surface area contributed by atoms with Crippen molar-refractivity contribution in [2.24, 2.45) is 0 Å². The zero-order chi connectivity index (χ0) is 20.1. The average Bonchev–Trinajstić information content (AvgIpc) is 2.70. The van der Waals surface area contributed by atoms with Crippen LogP contribution in [0.15, 0.2) is 60.7 Å². The Labute approximate surface area is 169 Å². The number of halogens is 1. The van der Waals surface area contributed by atoms with Crippen molar-refractivity contribution in [3.63, 3.8) is 0 Å². The van der Waals surface area contributed by atoms with Crippen LogP contribution in [0.1, 0.15) is 27.0 Å². The van der Waals surface area contributed by atoms with Crippen LogP contribution in [0.5, 0.6) is 17.2 Å². The van der Waals surface area contributed by atoms with Gasteiger partial charge in [0.1, 0.15) is 12.4 Å². The first-order valence-electron chi connectivity index (χ1n) is 8.81. The van der Waals surface area contributed by atoms with Gasteiger partial charge in [-0.25, -0.2) is 4.79 Å². The van der Waals surface area contributed by atoms with Gasteiger partial charge in [-0.05, 0) is 73.0 Å². The lowest BCUT2D eigenvalue weighted by molar-refractivity contribution is 0.0734. The smallest absolute Gasteiger partial charge is 0.343 e. The molecule has 0 N–H and O–H groups in total. The molecular weight excluding hydrogens is 376 g/mol. The molecule has 3 aromatic rings. The molecule has 0 aromatic heterocycles. The second kappa shape index (κ2) is 8.81. The van der Waals surface area contributed by atoms with Crippen LogP contribution in [-0.2, 0) is 6.61 Å². The van der Waals surface area contributed by atoms with Gasteiger partial charge in [0.15, 0.2) is 11.5 Å². The molecule has 28 heavy (non-hydrogen) atoms. The number of hydrogen-bond donors (Lipinski definition) is 0. The summed E-state index contributed by atoms with van der Waals surface area (Å²) in [7, 11) is 1.53. The molecule has 0 amide bonds. The summed E-state index contributed by atoms with van der Waals surface area (Å²) in [5.41, 5.74) is 3.57. The number of aryl methyl sites for hydroxylation is 2. The highest BCUT2D eigenvalue weighted by Crippen LogP contribution is 2.29. The fourth-order valence-corrected chi connectivity index (χ4v) is 2.72. The molecule has 0 aliphatic rings. The van der Waals surface area contributed by atoms with Crippen molar-refractivity contribution in [3.05, 3.63) is 87.9 Å². The number of esters is 1. The molecule has 3 aromatic carbocycles. The number of carbonyl (C=O) groups is 1. The van der Waals surface area contributed by atoms with E-state index >= 15 is 0 Å². The van der Waals surface area contributed by atoms with Gasteiger partial charge in [0.25, 0.3) is 0 Å². The zero-order valence-electron chi connectivity index (χ0n) is 16.0. The summed E-state index contributed by atoms with van der Waals surface area (Å²) in [6.45, 7) is 4.34. The van der Waals surface area contributed by atoms with E-state index in [1.165, 1.54) is 7.11 Å². The van der Waals surface area contributed by atoms with Gasteiger partial charge in [-0.15, -0.1) is 0 Å². The van der Waals surface area contributed by atoms with Gasteiger partial charge in [-0.3, -0.25) is 0 Å². The SMILES string of the molecule is COc1cc(C(=O)Oc2ccc(C)c(C)c2)ccc1OCc1ccc(Cl)cc1. The molecule has 0 spiro atoms. The topological polar surface area (TPSA) is 44.8 Å². The summed E-state index contributed by atoms with van der Waals surface area (Å²) in [5.74, 6) is 1.06. The quantitative estimate of drug-likeness (QED) is 0.392. The van der Waals surface area contributed by atoms with E-state index in [1.54, 1.807) is 24.3 Å². The molecule has 5 heteroatoms. The number of ether oxygens (including phenoxy) is 3. The number of methoxy groups -OCH3 is 1. The van der Waals surface area contributed by atoms with Gasteiger partial charge >= 0.3 is 5.97 Å². The minimum absolute atomic E-state index is 0.361. The molecule has 0 heterocycles. The lowest BCUT2D eigenvalue weighted by Crippen LogP contribution is -2.09. The van der Waals surface area contributed by atoms with E-state index < -0.39 is 5.97 Å². The van der Waals surface area contributed by atoms with E-state index in [-0.39, 0.29) is 0 Å². The lowest BCUT2D eigenvalue weighted by Gasteiger charge is -2.12. The highest BCUT2D eigenvalue weighted by molar-refractivity contribution is 6.30. The van der Waals surface area contributed by atoms with Crippen molar-refractivity contribution in [2.45, 2.75) is 20.5 Å². The van der Waals surface area contributed by atoms with Crippen LogP contribution in [0, 0.1) is 13.8 Å². The summed E-state index contributed by atoms with van der Waals surface area (Å²) in [6, 6.07) is 17.9. The minimum Gasteiger partial charge on any atom is -0.493 e. The largest absolute Gasteiger partial charge is 0.493 e. The van der Waals surface area contributed by atoms with E-state index in [4.69, 9.17) is 25.8 Å². The van der Waals surface area contributed by atoms with Crippen LogP contribution >= 0.6 is 11.6 Å². The maximum absolute atomic E-state index is 12.5. The fraction of sp³-hybridized carbons (Fsp3) is 0.174. The molecule has 0 aliphatic carbocycles. The summed E-state index contributed by atoms with van der Waals surface area (Å²) in [5, 5.41) is 0.674. The van der Waals surface area contributed by atoms with Crippen molar-refractivity contribution in [1.29, 1.82) is 0 Å². The Morgan fingerprint density at radius 3 is 2.32 bits per heavy atom. The van der Waals surface area contributed by atoms with Gasteiger partial charge in [-0.1, -0.05) is 29.8 Å². The van der Waals surface area contributed by atoms with Gasteiger partial charge in [0.05, 0.1) is 12.7 Å². The highest BCUT2D eigenvalue weighted by Gasteiger charge is 2.14. The minimum atomic E-state index is -0.453. The lowest BCUT2D eigenvalue weighted by atomic mass is 10.1. The molecule has 0 fully saturated rings. The summed E-state index contributed by atoms with van der Waals surface area (Å²) >= 11 is 5.89. The summed E-state index contributed by atoms with van der Waals surface area (Å²) < 4.78 is 16.7. The van der Waals surface area contributed by atoms with E-state index in [0.717, 1.165) is 16.7 Å². The Morgan fingerprint density at radius 2 is 1.64 bits per heavy atom. The Hall–Kier alpha value is -2.98. The molecule has 0 bridgehead atoms. The average molecular weight is 397 g/mol. The zero-order valence-corrected chi connectivity index (χ0v) is 16.7. The van der Waals surface area contributed by atoms with Crippen molar-refractivity contribution < 1.29 is 19.0 Å². The number of hydrogen-bond acceptors (Lipinski definition) is 4. The Bertz CT molecular complexity index is 980. The molecular formula is C23H21ClO4. The van der Waals surface area contributed by atoms with E-state index in [0.29, 0.717) is 34.4 Å². The second-order valence-corrected chi connectivity index (χ2v) is 6.85. The van der Waals surface area contributed by atoms with E-state index in [9.17, 15) is 4.79 Å². The Balaban J connectivity index is 1.71. The first-order valence-corrected chi connectivity index (χ1v) is 9.19. The summed E-state index contributed by atoms with van der Waals surface area (Å²) in [4.78, 5) is 12.5. The first-order chi connectivity index (χ1) is 13.5. The molecule has 0 unspecified atom stereocenters. The molecule has 0 saturated carbocycles. The number of benzene rings is 3. The third-order valence-electron chi connectivity index (χ3n) is 4.40. The molecule has 0 saturated heterocycles. The van der Waals surface area contributed by atoms with Gasteiger partial charge < -0.3 is 14.2 Å². The van der Waals surface area contributed by atoms with E-state index in [2.05, 4.69) is 0 Å². The van der Waals surface area contributed by atoms with Crippen LogP contribution in [0.2, 0.25) is 5.02 Å². The standard InChI is InChI=1S/C23H21ClO4/c1-15-4-10-20(12-16(15)2)28-23(25)18-7-11-21(22(13-18)26-3)27-14-17-5-8-19(24)9-6-17/h4-13H,14H2,1-3H3. The summed E-state index contributed by atoms with van der Waals surface area (Å²) in [6.07, 6.45) is 0. The molecule has 0 radical (unpaired) electrons. The molecule has 0 aliphatic heterocycles. The predicted molar refractivity (Wildman–Crippen MR) is 110 cm³/mol. The van der Waals surface area contributed by atoms with Crippen LogP contribution in [-0.4, -0.2) is 13.1 Å². The number of carbonyl (C=O) groups excluding carboxylic acids is 1. The predicted octanol–water partition coefficient (Wildman–Crippen LogP) is 5.76. The molecule has 0 atom stereocenters. The van der Waals surface area contributed by atoms with E-state index in [1.807, 2.05) is 50.2 Å². The monoisotopic (exact) mass is 396 g/mol. The Kier molecular flexibility index (Phi) is 6.22. The maximum Gasteiger partial charge on any atom is 0.343 e. The molecule has 144 valence electrons. The maximum atomic E-state index is 12.5. The van der Waals surface area contributed by atoms with Gasteiger partial charge in [0.2, 0.25) is 0 Å². The number of rotatable bonds is 6. The van der Waals surface area contributed by atoms with Crippen molar-refractivity contribution in [1.82, 2.24) is 0 Å². The third kappa shape index (κ3) is 4.84. The molecule has 3 rings (SSSR count). The van der Waals surface area contributed by atoms with Gasteiger partial charge in [0, 0.05) is 5.02 Å². The normalized spacial score (nSPS) is 10.4.